The van der Waals surface area contributed by atoms with Gasteiger partial charge in [-0.25, -0.2) is 8.78 Å². The summed E-state index contributed by atoms with van der Waals surface area (Å²) in [6, 6.07) is 5.07. The number of halogens is 3. The Morgan fingerprint density at radius 2 is 1.83 bits per heavy atom. The highest BCUT2D eigenvalue weighted by atomic mass is 35.5. The Morgan fingerprint density at radius 3 is 2.57 bits per heavy atom. The third kappa shape index (κ3) is 2.41. The maximum Gasteiger partial charge on any atom is 0.188 e. The van der Waals surface area contributed by atoms with Gasteiger partial charge in [-0.1, -0.05) is 11.6 Å². The average Bonchev–Trinajstić information content (AvgIpc) is 3.16. The normalized spacial score (nSPS) is 14.8. The molecule has 0 unspecified atom stereocenters. The smallest absolute Gasteiger partial charge is 0.188 e. The minimum Gasteiger partial charge on any atom is -0.369 e. The van der Waals surface area contributed by atoms with Gasteiger partial charge in [0.15, 0.2) is 16.6 Å². The van der Waals surface area contributed by atoms with Gasteiger partial charge in [-0.3, -0.25) is 0 Å². The summed E-state index contributed by atoms with van der Waals surface area (Å²) in [6.45, 7) is 1.84. The molecule has 8 heteroatoms. The molecule has 0 saturated carbocycles. The molecule has 0 atom stereocenters. The molecule has 1 aliphatic rings. The number of fused-ring (bicyclic) bond motifs is 1. The van der Waals surface area contributed by atoms with E-state index in [-0.39, 0.29) is 11.4 Å². The minimum atomic E-state index is -0.721. The molecule has 2 aromatic heterocycles. The molecule has 1 aromatic carbocycles. The molecule has 3 heterocycles. The van der Waals surface area contributed by atoms with Crippen LogP contribution in [-0.4, -0.2) is 32.9 Å². The second kappa shape index (κ2) is 5.42. The molecule has 5 nitrogen and oxygen atoms in total. The Labute approximate surface area is 135 Å². The van der Waals surface area contributed by atoms with Crippen LogP contribution in [0.3, 0.4) is 0 Å². The predicted molar refractivity (Wildman–Crippen MR) is 82.6 cm³/mol. The fraction of sp³-hybridized carbons (Fsp3) is 0.267. The van der Waals surface area contributed by atoms with E-state index in [4.69, 9.17) is 11.6 Å². The summed E-state index contributed by atoms with van der Waals surface area (Å²) in [5, 5.41) is 12.6. The van der Waals surface area contributed by atoms with Crippen molar-refractivity contribution in [2.24, 2.45) is 0 Å². The zero-order valence-corrected chi connectivity index (χ0v) is 12.8. The van der Waals surface area contributed by atoms with Crippen LogP contribution >= 0.6 is 11.6 Å². The number of rotatable bonds is 2. The highest BCUT2D eigenvalue weighted by molar-refractivity contribution is 6.32. The minimum absolute atomic E-state index is 0.122. The summed E-state index contributed by atoms with van der Waals surface area (Å²) in [5.41, 5.74) is 1.39. The van der Waals surface area contributed by atoms with E-state index in [0.29, 0.717) is 10.8 Å². The second-order valence-corrected chi connectivity index (χ2v) is 5.79. The first kappa shape index (κ1) is 14.3. The Morgan fingerprint density at radius 1 is 1.04 bits per heavy atom. The predicted octanol–water partition coefficient (Wildman–Crippen LogP) is 3.32. The molecule has 0 N–H and O–H groups in total. The quantitative estimate of drug-likeness (QED) is 0.720. The van der Waals surface area contributed by atoms with E-state index in [9.17, 15) is 8.78 Å². The SMILES string of the molecule is Fc1ccc(-c2nnc3cc(N4CCCC4)c(Cl)nn23)c(F)c1. The molecule has 0 radical (unpaired) electrons. The van der Waals surface area contributed by atoms with Crippen LogP contribution in [0.5, 0.6) is 0 Å². The monoisotopic (exact) mass is 335 g/mol. The summed E-state index contributed by atoms with van der Waals surface area (Å²) < 4.78 is 28.4. The standard InChI is InChI=1S/C15H12ClF2N5/c16-14-12(22-5-1-2-6-22)8-13-19-20-15(23(13)21-14)10-4-3-9(17)7-11(10)18/h3-4,7-8H,1-2,5-6H2. The lowest BCUT2D eigenvalue weighted by molar-refractivity contribution is 0.584. The summed E-state index contributed by atoms with van der Waals surface area (Å²) in [4.78, 5) is 2.14. The number of benzene rings is 1. The Balaban J connectivity index is 1.85. The topological polar surface area (TPSA) is 46.3 Å². The number of hydrogen-bond donors (Lipinski definition) is 0. The van der Waals surface area contributed by atoms with Crippen molar-refractivity contribution >= 4 is 22.9 Å². The van der Waals surface area contributed by atoms with Gasteiger partial charge in [0, 0.05) is 25.2 Å². The van der Waals surface area contributed by atoms with Crippen LogP contribution in [-0.2, 0) is 0 Å². The van der Waals surface area contributed by atoms with Crippen LogP contribution in [0.2, 0.25) is 5.15 Å². The number of nitrogens with zero attached hydrogens (tertiary/aromatic N) is 5. The van der Waals surface area contributed by atoms with Gasteiger partial charge in [0.25, 0.3) is 0 Å². The van der Waals surface area contributed by atoms with Crippen LogP contribution in [0.4, 0.5) is 14.5 Å². The fourth-order valence-electron chi connectivity index (χ4n) is 2.82. The molecule has 23 heavy (non-hydrogen) atoms. The maximum atomic E-state index is 14.0. The van der Waals surface area contributed by atoms with Crippen molar-refractivity contribution in [3.05, 3.63) is 41.1 Å². The third-order valence-electron chi connectivity index (χ3n) is 3.95. The molecule has 4 rings (SSSR count). The summed E-state index contributed by atoms with van der Waals surface area (Å²) in [5.74, 6) is -1.18. The van der Waals surface area contributed by atoms with Crippen molar-refractivity contribution in [3.8, 4) is 11.4 Å². The van der Waals surface area contributed by atoms with Crippen molar-refractivity contribution in [1.82, 2.24) is 19.8 Å². The van der Waals surface area contributed by atoms with Crippen LogP contribution in [0, 0.1) is 11.6 Å². The second-order valence-electron chi connectivity index (χ2n) is 5.43. The molecule has 1 saturated heterocycles. The van der Waals surface area contributed by atoms with E-state index in [2.05, 4.69) is 20.2 Å². The van der Waals surface area contributed by atoms with E-state index in [1.807, 2.05) is 0 Å². The van der Waals surface area contributed by atoms with E-state index in [1.165, 1.54) is 16.6 Å². The highest BCUT2D eigenvalue weighted by Gasteiger charge is 2.20. The first-order valence-electron chi connectivity index (χ1n) is 7.26. The number of aromatic nitrogens is 4. The summed E-state index contributed by atoms with van der Waals surface area (Å²) >= 11 is 6.28. The third-order valence-corrected chi connectivity index (χ3v) is 4.22. The molecule has 0 amide bonds. The molecule has 3 aromatic rings. The van der Waals surface area contributed by atoms with Crippen molar-refractivity contribution in [1.29, 1.82) is 0 Å². The molecule has 0 bridgehead atoms. The molecule has 1 aliphatic heterocycles. The van der Waals surface area contributed by atoms with Crippen molar-refractivity contribution in [2.75, 3.05) is 18.0 Å². The van der Waals surface area contributed by atoms with Crippen LogP contribution in [0.25, 0.3) is 17.0 Å². The maximum absolute atomic E-state index is 14.0. The van der Waals surface area contributed by atoms with Crippen molar-refractivity contribution in [2.45, 2.75) is 12.8 Å². The van der Waals surface area contributed by atoms with Crippen LogP contribution in [0.1, 0.15) is 12.8 Å². The molecule has 1 fully saturated rings. The number of anilines is 1. The Kier molecular flexibility index (Phi) is 3.37. The Bertz CT molecular complexity index is 889. The molecule has 118 valence electrons. The fourth-order valence-corrected chi connectivity index (χ4v) is 3.07. The molecule has 0 aliphatic carbocycles. The van der Waals surface area contributed by atoms with Crippen molar-refractivity contribution in [3.63, 3.8) is 0 Å². The first-order chi connectivity index (χ1) is 11.1. The lowest BCUT2D eigenvalue weighted by Gasteiger charge is -2.18. The van der Waals surface area contributed by atoms with Gasteiger partial charge in [-0.2, -0.15) is 9.61 Å². The van der Waals surface area contributed by atoms with Gasteiger partial charge in [-0.05, 0) is 25.0 Å². The van der Waals surface area contributed by atoms with Gasteiger partial charge in [0.05, 0.1) is 11.3 Å². The zero-order chi connectivity index (χ0) is 16.0. The summed E-state index contributed by atoms with van der Waals surface area (Å²) in [6.07, 6.45) is 2.22. The van der Waals surface area contributed by atoms with E-state index in [1.54, 1.807) is 6.07 Å². The summed E-state index contributed by atoms with van der Waals surface area (Å²) in [7, 11) is 0. The van der Waals surface area contributed by atoms with Gasteiger partial charge < -0.3 is 4.90 Å². The Hall–Kier alpha value is -2.28. The van der Waals surface area contributed by atoms with E-state index in [0.717, 1.165) is 37.7 Å². The van der Waals surface area contributed by atoms with Crippen LogP contribution in [0.15, 0.2) is 24.3 Å². The van der Waals surface area contributed by atoms with E-state index < -0.39 is 11.6 Å². The largest absolute Gasteiger partial charge is 0.369 e. The lowest BCUT2D eigenvalue weighted by atomic mass is 10.2. The van der Waals surface area contributed by atoms with Gasteiger partial charge in [-0.15, -0.1) is 10.2 Å². The van der Waals surface area contributed by atoms with Crippen molar-refractivity contribution < 1.29 is 8.78 Å². The van der Waals surface area contributed by atoms with Gasteiger partial charge in [0.2, 0.25) is 0 Å². The molecular formula is C15H12ClF2N5. The molecular weight excluding hydrogens is 324 g/mol. The zero-order valence-electron chi connectivity index (χ0n) is 12.0. The number of hydrogen-bond acceptors (Lipinski definition) is 4. The average molecular weight is 336 g/mol. The van der Waals surface area contributed by atoms with Crippen LogP contribution < -0.4 is 4.90 Å². The highest BCUT2D eigenvalue weighted by Crippen LogP contribution is 2.30. The molecule has 0 spiro atoms. The van der Waals surface area contributed by atoms with Gasteiger partial charge >= 0.3 is 0 Å². The first-order valence-corrected chi connectivity index (χ1v) is 7.63. The van der Waals surface area contributed by atoms with E-state index >= 15 is 0 Å². The van der Waals surface area contributed by atoms with Gasteiger partial charge in [0.1, 0.15) is 11.6 Å². The lowest BCUT2D eigenvalue weighted by Crippen LogP contribution is -2.19.